The zero-order valence-electron chi connectivity index (χ0n) is 14.5. The van der Waals surface area contributed by atoms with Gasteiger partial charge < -0.3 is 10.6 Å². The standard InChI is InChI=1S/C20H18ClN3O3/c21-15-7-3-4-8-16(15)22-17(25)12-24-18(26)20(23-19(24)27)10-9-13-5-1-2-6-14(13)11-20/h1-8H,9-12H2,(H,22,25)(H,23,27). The number of carbonyl (C=O) groups excluding carboxylic acids is 3. The molecule has 6 nitrogen and oxygen atoms in total. The molecule has 138 valence electrons. The summed E-state index contributed by atoms with van der Waals surface area (Å²) in [5, 5.41) is 5.85. The van der Waals surface area contributed by atoms with Crippen LogP contribution in [0, 0.1) is 0 Å². The minimum Gasteiger partial charge on any atom is -0.323 e. The smallest absolute Gasteiger partial charge is 0.323 e. The van der Waals surface area contributed by atoms with E-state index in [9.17, 15) is 14.4 Å². The number of imide groups is 1. The van der Waals surface area contributed by atoms with E-state index in [1.165, 1.54) is 5.56 Å². The first kappa shape index (κ1) is 17.5. The van der Waals surface area contributed by atoms with Crippen LogP contribution in [0.25, 0.3) is 0 Å². The van der Waals surface area contributed by atoms with Gasteiger partial charge in [-0.3, -0.25) is 14.5 Å². The lowest BCUT2D eigenvalue weighted by atomic mass is 9.78. The molecule has 1 aliphatic heterocycles. The molecule has 1 heterocycles. The molecule has 7 heteroatoms. The first-order valence-corrected chi connectivity index (χ1v) is 9.12. The number of para-hydroxylation sites is 1. The summed E-state index contributed by atoms with van der Waals surface area (Å²) in [6, 6.07) is 14.2. The number of aryl methyl sites for hydroxylation is 1. The second kappa shape index (κ2) is 6.70. The summed E-state index contributed by atoms with van der Waals surface area (Å²) in [6.07, 6.45) is 1.68. The first-order chi connectivity index (χ1) is 13.0. The highest BCUT2D eigenvalue weighted by Gasteiger charge is 2.52. The van der Waals surface area contributed by atoms with Gasteiger partial charge >= 0.3 is 6.03 Å². The van der Waals surface area contributed by atoms with Gasteiger partial charge in [0.1, 0.15) is 12.1 Å². The lowest BCUT2D eigenvalue weighted by Gasteiger charge is -2.32. The molecule has 1 unspecified atom stereocenters. The summed E-state index contributed by atoms with van der Waals surface area (Å²) >= 11 is 6.03. The molecule has 2 N–H and O–H groups in total. The fraction of sp³-hybridized carbons (Fsp3) is 0.250. The maximum absolute atomic E-state index is 13.0. The van der Waals surface area contributed by atoms with Crippen molar-refractivity contribution in [3.8, 4) is 0 Å². The number of hydrogen-bond donors (Lipinski definition) is 2. The van der Waals surface area contributed by atoms with Gasteiger partial charge in [0.25, 0.3) is 5.91 Å². The average molecular weight is 384 g/mol. The molecule has 1 atom stereocenters. The number of halogens is 1. The van der Waals surface area contributed by atoms with Gasteiger partial charge in [-0.2, -0.15) is 0 Å². The summed E-state index contributed by atoms with van der Waals surface area (Å²) in [5.74, 6) is -0.823. The predicted octanol–water partition coefficient (Wildman–Crippen LogP) is 2.76. The van der Waals surface area contributed by atoms with Crippen molar-refractivity contribution >= 4 is 35.1 Å². The van der Waals surface area contributed by atoms with Crippen LogP contribution in [0.2, 0.25) is 5.02 Å². The van der Waals surface area contributed by atoms with Gasteiger partial charge in [-0.25, -0.2) is 4.79 Å². The number of benzene rings is 2. The summed E-state index contributed by atoms with van der Waals surface area (Å²) in [5.41, 5.74) is 1.73. The van der Waals surface area contributed by atoms with E-state index in [0.29, 0.717) is 30.0 Å². The van der Waals surface area contributed by atoms with E-state index >= 15 is 0 Å². The number of anilines is 1. The van der Waals surface area contributed by atoms with Crippen LogP contribution in [0.3, 0.4) is 0 Å². The Morgan fingerprint density at radius 2 is 1.81 bits per heavy atom. The fourth-order valence-corrected chi connectivity index (χ4v) is 3.92. The molecule has 4 rings (SSSR count). The minimum atomic E-state index is -0.962. The predicted molar refractivity (Wildman–Crippen MR) is 102 cm³/mol. The highest BCUT2D eigenvalue weighted by molar-refractivity contribution is 6.33. The van der Waals surface area contributed by atoms with Gasteiger partial charge in [0.2, 0.25) is 5.91 Å². The number of nitrogens with one attached hydrogen (secondary N) is 2. The molecule has 1 fully saturated rings. The van der Waals surface area contributed by atoms with Crippen LogP contribution in [0.4, 0.5) is 10.5 Å². The monoisotopic (exact) mass is 383 g/mol. The first-order valence-electron chi connectivity index (χ1n) is 8.74. The van der Waals surface area contributed by atoms with Gasteiger partial charge in [-0.15, -0.1) is 0 Å². The molecule has 0 radical (unpaired) electrons. The van der Waals surface area contributed by atoms with Gasteiger partial charge in [0, 0.05) is 6.42 Å². The van der Waals surface area contributed by atoms with Crippen LogP contribution in [-0.2, 0) is 22.4 Å². The lowest BCUT2D eigenvalue weighted by Crippen LogP contribution is -2.51. The Labute approximate surface area is 161 Å². The Bertz CT molecular complexity index is 946. The van der Waals surface area contributed by atoms with E-state index in [2.05, 4.69) is 10.6 Å². The molecule has 2 aromatic rings. The molecule has 1 spiro atoms. The van der Waals surface area contributed by atoms with E-state index in [1.807, 2.05) is 24.3 Å². The van der Waals surface area contributed by atoms with Crippen molar-refractivity contribution in [2.45, 2.75) is 24.8 Å². The molecule has 2 aromatic carbocycles. The maximum atomic E-state index is 13.0. The average Bonchev–Trinajstić information content (AvgIpc) is 2.87. The fourth-order valence-electron chi connectivity index (χ4n) is 3.74. The quantitative estimate of drug-likeness (QED) is 0.800. The van der Waals surface area contributed by atoms with Crippen LogP contribution in [0.1, 0.15) is 17.5 Å². The molecule has 0 bridgehead atoms. The number of rotatable bonds is 3. The van der Waals surface area contributed by atoms with E-state index < -0.39 is 17.5 Å². The number of fused-ring (bicyclic) bond motifs is 1. The van der Waals surface area contributed by atoms with E-state index in [-0.39, 0.29) is 12.5 Å². The van der Waals surface area contributed by atoms with Crippen molar-refractivity contribution < 1.29 is 14.4 Å². The number of hydrogen-bond acceptors (Lipinski definition) is 3. The van der Waals surface area contributed by atoms with E-state index in [0.717, 1.165) is 10.5 Å². The van der Waals surface area contributed by atoms with Crippen LogP contribution >= 0.6 is 11.6 Å². The van der Waals surface area contributed by atoms with E-state index in [1.54, 1.807) is 24.3 Å². The summed E-state index contributed by atoms with van der Waals surface area (Å²) in [7, 11) is 0. The second-order valence-electron chi connectivity index (χ2n) is 6.88. The van der Waals surface area contributed by atoms with Gasteiger partial charge in [0.15, 0.2) is 0 Å². The molecule has 27 heavy (non-hydrogen) atoms. The molecule has 1 aliphatic carbocycles. The van der Waals surface area contributed by atoms with Crippen molar-refractivity contribution in [3.63, 3.8) is 0 Å². The van der Waals surface area contributed by atoms with Crippen molar-refractivity contribution in [2.24, 2.45) is 0 Å². The highest BCUT2D eigenvalue weighted by Crippen LogP contribution is 2.33. The van der Waals surface area contributed by atoms with Gasteiger partial charge in [0.05, 0.1) is 10.7 Å². The summed E-state index contributed by atoms with van der Waals surface area (Å²) < 4.78 is 0. The largest absolute Gasteiger partial charge is 0.325 e. The zero-order chi connectivity index (χ0) is 19.0. The van der Waals surface area contributed by atoms with Crippen LogP contribution < -0.4 is 10.6 Å². The van der Waals surface area contributed by atoms with Crippen molar-refractivity contribution in [2.75, 3.05) is 11.9 Å². The summed E-state index contributed by atoms with van der Waals surface area (Å²) in [4.78, 5) is 38.7. The molecular weight excluding hydrogens is 366 g/mol. The molecule has 0 aromatic heterocycles. The molecular formula is C20H18ClN3O3. The molecule has 4 amide bonds. The van der Waals surface area contributed by atoms with Gasteiger partial charge in [-0.1, -0.05) is 48.0 Å². The Morgan fingerprint density at radius 1 is 1.11 bits per heavy atom. The number of amides is 4. The number of carbonyl (C=O) groups is 3. The molecule has 1 saturated heterocycles. The van der Waals surface area contributed by atoms with Crippen LogP contribution in [-0.4, -0.2) is 34.8 Å². The van der Waals surface area contributed by atoms with E-state index in [4.69, 9.17) is 11.6 Å². The Hall–Kier alpha value is -2.86. The van der Waals surface area contributed by atoms with Gasteiger partial charge in [-0.05, 0) is 36.1 Å². The zero-order valence-corrected chi connectivity index (χ0v) is 15.3. The molecule has 2 aliphatic rings. The third-order valence-electron chi connectivity index (χ3n) is 5.13. The third-order valence-corrected chi connectivity index (χ3v) is 5.46. The van der Waals surface area contributed by atoms with Crippen molar-refractivity contribution in [3.05, 3.63) is 64.7 Å². The lowest BCUT2D eigenvalue weighted by molar-refractivity contribution is -0.134. The normalized spacial score (nSPS) is 21.1. The Balaban J connectivity index is 1.49. The minimum absolute atomic E-state index is 0.348. The van der Waals surface area contributed by atoms with Crippen molar-refractivity contribution in [1.29, 1.82) is 0 Å². The molecule has 0 saturated carbocycles. The number of nitrogens with zero attached hydrogens (tertiary/aromatic N) is 1. The third kappa shape index (κ3) is 3.17. The summed E-state index contributed by atoms with van der Waals surface area (Å²) in [6.45, 7) is -0.348. The maximum Gasteiger partial charge on any atom is 0.325 e. The second-order valence-corrected chi connectivity index (χ2v) is 7.28. The van der Waals surface area contributed by atoms with Crippen LogP contribution in [0.5, 0.6) is 0 Å². The Morgan fingerprint density at radius 3 is 2.59 bits per heavy atom. The van der Waals surface area contributed by atoms with Crippen molar-refractivity contribution in [1.82, 2.24) is 10.2 Å². The highest BCUT2D eigenvalue weighted by atomic mass is 35.5. The SMILES string of the molecule is O=C(CN1C(=O)NC2(CCc3ccccc3C2)C1=O)Nc1ccccc1Cl. The van der Waals surface area contributed by atoms with Crippen LogP contribution in [0.15, 0.2) is 48.5 Å². The number of urea groups is 1. The topological polar surface area (TPSA) is 78.5 Å². The Kier molecular flexibility index (Phi) is 4.36.